The fourth-order valence-corrected chi connectivity index (χ4v) is 9.84. The standard InChI is InChI=1S/C68H125NO3/c1-3-5-7-9-11-13-15-17-19-21-23-25-27-28-29-30-31-32-33-34-35-36-37-38-39-40-42-44-46-48-50-52-54-56-58-60-62-64-68(72)69-66(65-70)67(71)63-61-59-57-55-53-51-49-47-45-43-41-26-24-22-20-18-16-14-12-10-8-6-4-2/h5,7,11,13,17,19,23,25,53,55,61,63,66-67,70-71H,3-4,6,8-10,12,14-16,18,20-22,24,26-52,54,56-60,62,64-65H2,1-2H3,(H,69,72)/b7-5-,13-11-,19-17-,25-23-,55-53+,63-61+. The Balaban J connectivity index is 3.45. The first-order chi connectivity index (χ1) is 35.7. The van der Waals surface area contributed by atoms with Gasteiger partial charge in [-0.2, -0.15) is 0 Å². The van der Waals surface area contributed by atoms with Crippen LogP contribution in [0.15, 0.2) is 72.9 Å². The molecular weight excluding hydrogens is 879 g/mol. The SMILES string of the molecule is CC/C=C\C/C=C\C/C=C\C/C=C\CCCCCCCCCCCCCCCCCCCCCCCCCCC(=O)NC(CO)C(O)/C=C/CC/C=C/CCCCCCCCCCCCCCCCCCC. The molecule has 0 aliphatic carbocycles. The average molecular weight is 1000 g/mol. The average Bonchev–Trinajstić information content (AvgIpc) is 3.39. The van der Waals surface area contributed by atoms with Gasteiger partial charge in [0.05, 0.1) is 18.8 Å². The number of unbranched alkanes of at least 4 members (excludes halogenated alkanes) is 42. The third-order valence-electron chi connectivity index (χ3n) is 14.7. The van der Waals surface area contributed by atoms with Crippen molar-refractivity contribution in [2.45, 2.75) is 347 Å². The minimum Gasteiger partial charge on any atom is -0.394 e. The highest BCUT2D eigenvalue weighted by Crippen LogP contribution is 2.18. The van der Waals surface area contributed by atoms with Crippen LogP contribution in [0, 0.1) is 0 Å². The number of allylic oxidation sites excluding steroid dienone is 11. The van der Waals surface area contributed by atoms with Gasteiger partial charge in [0.1, 0.15) is 0 Å². The smallest absolute Gasteiger partial charge is 0.220 e. The van der Waals surface area contributed by atoms with Crippen molar-refractivity contribution in [3.8, 4) is 0 Å². The second-order valence-corrected chi connectivity index (χ2v) is 21.8. The summed E-state index contributed by atoms with van der Waals surface area (Å²) in [5.41, 5.74) is 0. The molecule has 0 aromatic carbocycles. The lowest BCUT2D eigenvalue weighted by atomic mass is 10.0. The van der Waals surface area contributed by atoms with Crippen molar-refractivity contribution in [3.63, 3.8) is 0 Å². The highest BCUT2D eigenvalue weighted by molar-refractivity contribution is 5.76. The number of nitrogens with one attached hydrogen (secondary N) is 1. The Hall–Kier alpha value is -2.17. The van der Waals surface area contributed by atoms with Crippen LogP contribution in [0.25, 0.3) is 0 Å². The zero-order valence-electron chi connectivity index (χ0n) is 48.4. The van der Waals surface area contributed by atoms with Crippen LogP contribution in [0.1, 0.15) is 335 Å². The molecule has 0 rings (SSSR count). The number of amides is 1. The van der Waals surface area contributed by atoms with Crippen LogP contribution in [0.2, 0.25) is 0 Å². The molecule has 0 saturated heterocycles. The van der Waals surface area contributed by atoms with E-state index in [-0.39, 0.29) is 12.5 Å². The Morgan fingerprint density at radius 1 is 0.347 bits per heavy atom. The molecule has 3 N–H and O–H groups in total. The summed E-state index contributed by atoms with van der Waals surface area (Å²) in [4.78, 5) is 12.5. The monoisotopic (exact) mass is 1000 g/mol. The molecule has 0 radical (unpaired) electrons. The van der Waals surface area contributed by atoms with Crippen molar-refractivity contribution in [1.29, 1.82) is 0 Å². The highest BCUT2D eigenvalue weighted by atomic mass is 16.3. The van der Waals surface area contributed by atoms with Crippen molar-refractivity contribution in [2.24, 2.45) is 0 Å². The lowest BCUT2D eigenvalue weighted by Crippen LogP contribution is -2.45. The Labute approximate surface area is 450 Å². The van der Waals surface area contributed by atoms with Gasteiger partial charge in [-0.15, -0.1) is 0 Å². The Kier molecular flexibility index (Phi) is 61.2. The van der Waals surface area contributed by atoms with E-state index < -0.39 is 12.1 Å². The quantitative estimate of drug-likeness (QED) is 0.0420. The summed E-state index contributed by atoms with van der Waals surface area (Å²) in [7, 11) is 0. The molecule has 0 spiro atoms. The van der Waals surface area contributed by atoms with Crippen LogP contribution in [0.4, 0.5) is 0 Å². The summed E-state index contributed by atoms with van der Waals surface area (Å²) in [5.74, 6) is -0.0685. The molecule has 4 nitrogen and oxygen atoms in total. The number of rotatable bonds is 59. The lowest BCUT2D eigenvalue weighted by molar-refractivity contribution is -0.123. The molecule has 0 heterocycles. The van der Waals surface area contributed by atoms with E-state index in [1.54, 1.807) is 6.08 Å². The number of carbonyl (C=O) groups excluding carboxylic acids is 1. The first kappa shape index (κ1) is 69.8. The van der Waals surface area contributed by atoms with Crippen LogP contribution in [-0.4, -0.2) is 34.9 Å². The normalized spacial score (nSPS) is 13.2. The molecule has 0 fully saturated rings. The molecule has 2 unspecified atom stereocenters. The Morgan fingerprint density at radius 2 is 0.625 bits per heavy atom. The molecule has 0 aliphatic heterocycles. The molecule has 4 heteroatoms. The van der Waals surface area contributed by atoms with E-state index in [2.05, 4.69) is 79.9 Å². The van der Waals surface area contributed by atoms with Gasteiger partial charge >= 0.3 is 0 Å². The van der Waals surface area contributed by atoms with Gasteiger partial charge in [-0.25, -0.2) is 0 Å². The van der Waals surface area contributed by atoms with Crippen molar-refractivity contribution >= 4 is 5.91 Å². The van der Waals surface area contributed by atoms with Crippen molar-refractivity contribution in [3.05, 3.63) is 72.9 Å². The van der Waals surface area contributed by atoms with Crippen LogP contribution in [0.5, 0.6) is 0 Å². The summed E-state index contributed by atoms with van der Waals surface area (Å²) in [6.07, 6.45) is 91.1. The minimum absolute atomic E-state index is 0.0685. The minimum atomic E-state index is -0.864. The van der Waals surface area contributed by atoms with E-state index in [0.717, 1.165) is 57.8 Å². The fraction of sp³-hybridized carbons (Fsp3) is 0.809. The van der Waals surface area contributed by atoms with Gasteiger partial charge in [-0.1, -0.05) is 331 Å². The van der Waals surface area contributed by atoms with Gasteiger partial charge in [-0.3, -0.25) is 4.79 Å². The van der Waals surface area contributed by atoms with Gasteiger partial charge in [0.2, 0.25) is 5.91 Å². The van der Waals surface area contributed by atoms with E-state index in [0.29, 0.717) is 6.42 Å². The summed E-state index contributed by atoms with van der Waals surface area (Å²) in [6, 6.07) is -0.641. The molecule has 0 aromatic rings. The molecule has 420 valence electrons. The van der Waals surface area contributed by atoms with Crippen molar-refractivity contribution in [2.75, 3.05) is 6.61 Å². The number of carbonyl (C=O) groups is 1. The van der Waals surface area contributed by atoms with Gasteiger partial charge < -0.3 is 15.5 Å². The first-order valence-electron chi connectivity index (χ1n) is 32.2. The van der Waals surface area contributed by atoms with Gasteiger partial charge in [0.15, 0.2) is 0 Å². The van der Waals surface area contributed by atoms with Crippen LogP contribution in [-0.2, 0) is 4.79 Å². The highest BCUT2D eigenvalue weighted by Gasteiger charge is 2.18. The zero-order valence-corrected chi connectivity index (χ0v) is 48.4. The van der Waals surface area contributed by atoms with Crippen molar-refractivity contribution < 1.29 is 15.0 Å². The zero-order chi connectivity index (χ0) is 52.0. The van der Waals surface area contributed by atoms with E-state index in [1.165, 1.54) is 257 Å². The van der Waals surface area contributed by atoms with Gasteiger partial charge in [0.25, 0.3) is 0 Å². The van der Waals surface area contributed by atoms with Gasteiger partial charge in [0, 0.05) is 6.42 Å². The molecule has 0 aliphatic rings. The fourth-order valence-electron chi connectivity index (χ4n) is 9.84. The summed E-state index contributed by atoms with van der Waals surface area (Å²) in [5, 5.41) is 23.2. The predicted octanol–water partition coefficient (Wildman–Crippen LogP) is 21.7. The third kappa shape index (κ3) is 58.7. The summed E-state index contributed by atoms with van der Waals surface area (Å²) in [6.45, 7) is 4.22. The first-order valence-corrected chi connectivity index (χ1v) is 32.2. The van der Waals surface area contributed by atoms with Crippen LogP contribution in [0.3, 0.4) is 0 Å². The number of aliphatic hydroxyl groups excluding tert-OH is 2. The Bertz CT molecular complexity index is 1230. The molecular formula is C68H125NO3. The van der Waals surface area contributed by atoms with Crippen LogP contribution >= 0.6 is 0 Å². The third-order valence-corrected chi connectivity index (χ3v) is 14.7. The molecule has 0 saturated carbocycles. The second-order valence-electron chi connectivity index (χ2n) is 21.8. The maximum absolute atomic E-state index is 12.5. The lowest BCUT2D eigenvalue weighted by Gasteiger charge is -2.19. The molecule has 1 amide bonds. The molecule has 2 atom stereocenters. The van der Waals surface area contributed by atoms with Gasteiger partial charge in [-0.05, 0) is 70.6 Å². The van der Waals surface area contributed by atoms with E-state index in [4.69, 9.17) is 0 Å². The topological polar surface area (TPSA) is 69.6 Å². The Morgan fingerprint density at radius 3 is 0.972 bits per heavy atom. The van der Waals surface area contributed by atoms with Crippen molar-refractivity contribution in [1.82, 2.24) is 5.32 Å². The molecule has 72 heavy (non-hydrogen) atoms. The molecule has 0 bridgehead atoms. The second kappa shape index (κ2) is 63.1. The van der Waals surface area contributed by atoms with E-state index >= 15 is 0 Å². The maximum Gasteiger partial charge on any atom is 0.220 e. The number of aliphatic hydroxyl groups is 2. The number of hydrogen-bond donors (Lipinski definition) is 3. The predicted molar refractivity (Wildman–Crippen MR) is 322 cm³/mol. The number of hydrogen-bond acceptors (Lipinski definition) is 3. The van der Waals surface area contributed by atoms with E-state index in [9.17, 15) is 15.0 Å². The summed E-state index contributed by atoms with van der Waals surface area (Å²) >= 11 is 0. The maximum atomic E-state index is 12.5. The summed E-state index contributed by atoms with van der Waals surface area (Å²) < 4.78 is 0. The van der Waals surface area contributed by atoms with E-state index in [1.807, 2.05) is 6.08 Å². The molecule has 0 aromatic heterocycles. The van der Waals surface area contributed by atoms with Crippen LogP contribution < -0.4 is 5.32 Å². The largest absolute Gasteiger partial charge is 0.394 e.